The summed E-state index contributed by atoms with van der Waals surface area (Å²) in [5.74, 6) is 1.76. The zero-order valence-corrected chi connectivity index (χ0v) is 6.82. The predicted octanol–water partition coefficient (Wildman–Crippen LogP) is 0.664. The first-order chi connectivity index (χ1) is 4.47. The lowest BCUT2D eigenvalue weighted by molar-refractivity contribution is 0.0372. The maximum Gasteiger partial charge on any atom is 0.0509 e. The average molecular weight is 164 g/mol. The molecule has 2 saturated heterocycles. The summed E-state index contributed by atoms with van der Waals surface area (Å²) in [6, 6.07) is 0. The molecule has 0 amide bonds. The van der Waals surface area contributed by atoms with Crippen molar-refractivity contribution < 1.29 is 4.74 Å². The molecule has 0 bridgehead atoms. The van der Waals surface area contributed by atoms with Gasteiger partial charge in [0.15, 0.2) is 0 Å². The van der Waals surface area contributed by atoms with Crippen molar-refractivity contribution in [2.75, 3.05) is 26.3 Å². The molecule has 0 aromatic carbocycles. The van der Waals surface area contributed by atoms with Gasteiger partial charge in [-0.3, -0.25) is 0 Å². The first-order valence-electron chi connectivity index (χ1n) is 3.75. The molecule has 2 fully saturated rings. The van der Waals surface area contributed by atoms with Gasteiger partial charge in [-0.1, -0.05) is 0 Å². The Hall–Kier alpha value is 0.210. The number of halogens is 1. The van der Waals surface area contributed by atoms with E-state index in [0.717, 1.165) is 25.0 Å². The molecule has 1 N–H and O–H groups in total. The Balaban J connectivity index is 0.000000500. The number of hydrogen-bond donors (Lipinski definition) is 1. The van der Waals surface area contributed by atoms with Crippen LogP contribution < -0.4 is 5.32 Å². The normalized spacial score (nSPS) is 38.4. The minimum absolute atomic E-state index is 0. The Kier molecular flexibility index (Phi) is 2.96. The van der Waals surface area contributed by atoms with Gasteiger partial charge in [0.05, 0.1) is 6.61 Å². The van der Waals surface area contributed by atoms with Crippen molar-refractivity contribution in [1.29, 1.82) is 0 Å². The van der Waals surface area contributed by atoms with Crippen molar-refractivity contribution in [2.24, 2.45) is 11.8 Å². The third-order valence-electron chi connectivity index (χ3n) is 2.44. The van der Waals surface area contributed by atoms with E-state index in [0.29, 0.717) is 0 Å². The van der Waals surface area contributed by atoms with E-state index in [1.165, 1.54) is 19.5 Å². The summed E-state index contributed by atoms with van der Waals surface area (Å²) < 4.78 is 5.34. The van der Waals surface area contributed by atoms with Gasteiger partial charge in [0, 0.05) is 13.2 Å². The molecule has 0 aromatic rings. The third kappa shape index (κ3) is 1.44. The van der Waals surface area contributed by atoms with Crippen LogP contribution in [0.15, 0.2) is 0 Å². The van der Waals surface area contributed by atoms with Gasteiger partial charge in [-0.15, -0.1) is 12.4 Å². The van der Waals surface area contributed by atoms with E-state index in [9.17, 15) is 0 Å². The van der Waals surface area contributed by atoms with E-state index in [-0.39, 0.29) is 12.4 Å². The van der Waals surface area contributed by atoms with Crippen molar-refractivity contribution in [2.45, 2.75) is 6.42 Å². The van der Waals surface area contributed by atoms with Gasteiger partial charge in [0.1, 0.15) is 0 Å². The van der Waals surface area contributed by atoms with E-state index in [1.54, 1.807) is 0 Å². The number of rotatable bonds is 0. The second-order valence-corrected chi connectivity index (χ2v) is 3.04. The maximum atomic E-state index is 5.34. The highest BCUT2D eigenvalue weighted by Crippen LogP contribution is 2.24. The smallest absolute Gasteiger partial charge is 0.0509 e. The molecule has 0 spiro atoms. The SMILES string of the molecule is C1C[C@@H]2CNC[C@@H]2CO1.Cl. The van der Waals surface area contributed by atoms with E-state index in [2.05, 4.69) is 5.32 Å². The maximum absolute atomic E-state index is 5.34. The summed E-state index contributed by atoms with van der Waals surface area (Å²) in [4.78, 5) is 0. The van der Waals surface area contributed by atoms with Crippen molar-refractivity contribution in [1.82, 2.24) is 5.32 Å². The Bertz CT molecular complexity index is 97.8. The van der Waals surface area contributed by atoms with Crippen LogP contribution in [-0.2, 0) is 4.74 Å². The highest BCUT2D eigenvalue weighted by Gasteiger charge is 2.29. The predicted molar refractivity (Wildman–Crippen MR) is 42.5 cm³/mol. The molecule has 2 aliphatic rings. The standard InChI is InChI=1S/C7H13NO.ClH/c1-2-9-5-7-4-8-3-6(1)7;/h6-8H,1-5H2;1H/t6-,7-;/m1./s1. The van der Waals surface area contributed by atoms with Crippen LogP contribution >= 0.6 is 12.4 Å². The van der Waals surface area contributed by atoms with Crippen LogP contribution in [0, 0.1) is 11.8 Å². The molecule has 2 heterocycles. The molecule has 0 saturated carbocycles. The molecule has 0 radical (unpaired) electrons. The zero-order valence-electron chi connectivity index (χ0n) is 6.01. The Morgan fingerprint density at radius 1 is 1.20 bits per heavy atom. The molecule has 60 valence electrons. The zero-order chi connectivity index (χ0) is 6.10. The van der Waals surface area contributed by atoms with Crippen LogP contribution in [0.4, 0.5) is 0 Å². The molecule has 3 heteroatoms. The number of hydrogen-bond acceptors (Lipinski definition) is 2. The van der Waals surface area contributed by atoms with E-state index in [4.69, 9.17) is 4.74 Å². The Morgan fingerprint density at radius 3 is 2.80 bits per heavy atom. The van der Waals surface area contributed by atoms with Crippen LogP contribution in [0.1, 0.15) is 6.42 Å². The van der Waals surface area contributed by atoms with Crippen molar-refractivity contribution in [3.05, 3.63) is 0 Å². The van der Waals surface area contributed by atoms with E-state index in [1.807, 2.05) is 0 Å². The summed E-state index contributed by atoms with van der Waals surface area (Å²) in [7, 11) is 0. The van der Waals surface area contributed by atoms with Crippen molar-refractivity contribution in [3.63, 3.8) is 0 Å². The van der Waals surface area contributed by atoms with Crippen LogP contribution in [0.5, 0.6) is 0 Å². The number of fused-ring (bicyclic) bond motifs is 1. The van der Waals surface area contributed by atoms with Gasteiger partial charge in [-0.2, -0.15) is 0 Å². The van der Waals surface area contributed by atoms with Gasteiger partial charge in [0.2, 0.25) is 0 Å². The highest BCUT2D eigenvalue weighted by molar-refractivity contribution is 5.85. The lowest BCUT2D eigenvalue weighted by atomic mass is 9.92. The summed E-state index contributed by atoms with van der Waals surface area (Å²) in [6.45, 7) is 4.40. The molecule has 0 unspecified atom stereocenters. The third-order valence-corrected chi connectivity index (χ3v) is 2.44. The average Bonchev–Trinajstić information content (AvgIpc) is 2.33. The molecule has 2 rings (SSSR count). The lowest BCUT2D eigenvalue weighted by Crippen LogP contribution is -2.25. The summed E-state index contributed by atoms with van der Waals surface area (Å²) in [5.41, 5.74) is 0. The fourth-order valence-corrected chi connectivity index (χ4v) is 1.79. The summed E-state index contributed by atoms with van der Waals surface area (Å²) in [5, 5.41) is 3.38. The van der Waals surface area contributed by atoms with E-state index >= 15 is 0 Å². The van der Waals surface area contributed by atoms with Crippen LogP contribution in [0.25, 0.3) is 0 Å². The van der Waals surface area contributed by atoms with Gasteiger partial charge in [-0.05, 0) is 24.8 Å². The second-order valence-electron chi connectivity index (χ2n) is 3.04. The highest BCUT2D eigenvalue weighted by atomic mass is 35.5. The van der Waals surface area contributed by atoms with Gasteiger partial charge in [0.25, 0.3) is 0 Å². The van der Waals surface area contributed by atoms with Crippen LogP contribution in [-0.4, -0.2) is 26.3 Å². The molecule has 2 atom stereocenters. The van der Waals surface area contributed by atoms with E-state index < -0.39 is 0 Å². The minimum atomic E-state index is 0. The quantitative estimate of drug-likeness (QED) is 0.567. The first-order valence-corrected chi connectivity index (χ1v) is 3.75. The lowest BCUT2D eigenvalue weighted by Gasteiger charge is -2.23. The summed E-state index contributed by atoms with van der Waals surface area (Å²) in [6.07, 6.45) is 1.28. The largest absolute Gasteiger partial charge is 0.381 e. The van der Waals surface area contributed by atoms with Gasteiger partial charge in [-0.25, -0.2) is 0 Å². The van der Waals surface area contributed by atoms with Gasteiger partial charge < -0.3 is 10.1 Å². The number of ether oxygens (including phenoxy) is 1. The molecule has 10 heavy (non-hydrogen) atoms. The fraction of sp³-hybridized carbons (Fsp3) is 1.00. The monoisotopic (exact) mass is 163 g/mol. The molecule has 2 nitrogen and oxygen atoms in total. The second kappa shape index (κ2) is 3.56. The minimum Gasteiger partial charge on any atom is -0.381 e. The first kappa shape index (κ1) is 8.31. The van der Waals surface area contributed by atoms with Crippen LogP contribution in [0.3, 0.4) is 0 Å². The van der Waals surface area contributed by atoms with Crippen LogP contribution in [0.2, 0.25) is 0 Å². The molecule has 0 aromatic heterocycles. The van der Waals surface area contributed by atoms with Crippen molar-refractivity contribution in [3.8, 4) is 0 Å². The summed E-state index contributed by atoms with van der Waals surface area (Å²) >= 11 is 0. The van der Waals surface area contributed by atoms with Gasteiger partial charge >= 0.3 is 0 Å². The Morgan fingerprint density at radius 2 is 2.00 bits per heavy atom. The molecule has 2 aliphatic heterocycles. The fourth-order valence-electron chi connectivity index (χ4n) is 1.79. The molecule has 0 aliphatic carbocycles. The molecular weight excluding hydrogens is 150 g/mol. The molecular formula is C7H14ClNO. The topological polar surface area (TPSA) is 21.3 Å². The van der Waals surface area contributed by atoms with Crippen molar-refractivity contribution >= 4 is 12.4 Å². The number of nitrogens with one attached hydrogen (secondary N) is 1. The Labute approximate surface area is 67.7 Å².